The number of carboxylic acids is 1. The third-order valence-electron chi connectivity index (χ3n) is 8.72. The first kappa shape index (κ1) is 31.0. The summed E-state index contributed by atoms with van der Waals surface area (Å²) in [7, 11) is 0. The lowest BCUT2D eigenvalue weighted by Gasteiger charge is -2.13. The summed E-state index contributed by atoms with van der Waals surface area (Å²) in [6, 6.07) is 30.5. The van der Waals surface area contributed by atoms with Crippen molar-refractivity contribution in [2.75, 3.05) is 0 Å². The van der Waals surface area contributed by atoms with Crippen LogP contribution in [0.25, 0.3) is 33.5 Å². The molecule has 2 aromatic heterocycles. The van der Waals surface area contributed by atoms with E-state index in [0.717, 1.165) is 82.0 Å². The zero-order valence-electron chi connectivity index (χ0n) is 27.4. The molecule has 0 atom stereocenters. The fraction of sp³-hybridized carbons (Fsp3) is 0.275. The molecule has 6 aromatic rings. The summed E-state index contributed by atoms with van der Waals surface area (Å²) in [4.78, 5) is 22.2. The van der Waals surface area contributed by atoms with Crippen LogP contribution in [0.2, 0.25) is 0 Å². The molecule has 0 aliphatic carbocycles. The predicted octanol–water partition coefficient (Wildman–Crippen LogP) is 9.13. The van der Waals surface area contributed by atoms with E-state index in [0.29, 0.717) is 18.0 Å². The van der Waals surface area contributed by atoms with Crippen LogP contribution in [0.5, 0.6) is 0 Å². The van der Waals surface area contributed by atoms with Gasteiger partial charge in [-0.2, -0.15) is 0 Å². The Morgan fingerprint density at radius 1 is 0.804 bits per heavy atom. The minimum atomic E-state index is -0.920. The highest BCUT2D eigenvalue weighted by Gasteiger charge is 2.20. The van der Waals surface area contributed by atoms with E-state index in [1.54, 1.807) is 12.1 Å². The van der Waals surface area contributed by atoms with E-state index < -0.39 is 5.97 Å². The van der Waals surface area contributed by atoms with Gasteiger partial charge >= 0.3 is 5.97 Å². The number of imidazole rings is 2. The second-order valence-electron chi connectivity index (χ2n) is 12.7. The second kappa shape index (κ2) is 13.2. The molecule has 234 valence electrons. The van der Waals surface area contributed by atoms with Gasteiger partial charge in [0.1, 0.15) is 11.6 Å². The number of hydrogen-bond donors (Lipinski definition) is 1. The van der Waals surface area contributed by atoms with Gasteiger partial charge < -0.3 is 14.2 Å². The zero-order chi connectivity index (χ0) is 32.4. The SMILES string of the molecule is CCCc1nc2c(C)cc(-c3nc(CC(C)C)c(C)n3Cc3ccccc3)cc2n1Cc1ccc(-c2ccccc2C(=O)O)cc1. The number of benzene rings is 4. The zero-order valence-corrected chi connectivity index (χ0v) is 27.4. The van der Waals surface area contributed by atoms with E-state index in [9.17, 15) is 9.90 Å². The van der Waals surface area contributed by atoms with Crippen LogP contribution in [0.4, 0.5) is 0 Å². The summed E-state index contributed by atoms with van der Waals surface area (Å²) in [5, 5.41) is 9.69. The Hall–Kier alpha value is -4.97. The highest BCUT2D eigenvalue weighted by atomic mass is 16.4. The first-order valence-electron chi connectivity index (χ1n) is 16.2. The molecule has 0 spiro atoms. The first-order valence-corrected chi connectivity index (χ1v) is 16.2. The number of fused-ring (bicyclic) bond motifs is 1. The van der Waals surface area contributed by atoms with Crippen LogP contribution in [0.15, 0.2) is 91.0 Å². The molecule has 0 bridgehead atoms. The summed E-state index contributed by atoms with van der Waals surface area (Å²) in [6.45, 7) is 12.5. The molecule has 4 aromatic carbocycles. The smallest absolute Gasteiger partial charge is 0.336 e. The molecule has 46 heavy (non-hydrogen) atoms. The Morgan fingerprint density at radius 3 is 2.17 bits per heavy atom. The molecular formula is C40H42N4O2. The van der Waals surface area contributed by atoms with Crippen molar-refractivity contribution in [2.24, 2.45) is 5.92 Å². The van der Waals surface area contributed by atoms with E-state index in [4.69, 9.17) is 9.97 Å². The number of hydrogen-bond acceptors (Lipinski definition) is 3. The van der Waals surface area contributed by atoms with E-state index in [1.165, 1.54) is 11.3 Å². The van der Waals surface area contributed by atoms with Crippen molar-refractivity contribution in [1.82, 2.24) is 19.1 Å². The lowest BCUT2D eigenvalue weighted by Crippen LogP contribution is -2.06. The van der Waals surface area contributed by atoms with E-state index in [-0.39, 0.29) is 0 Å². The van der Waals surface area contributed by atoms with Crippen molar-refractivity contribution in [3.05, 3.63) is 130 Å². The maximum absolute atomic E-state index is 11.8. The monoisotopic (exact) mass is 610 g/mol. The molecule has 0 unspecified atom stereocenters. The highest BCUT2D eigenvalue weighted by Crippen LogP contribution is 2.32. The molecule has 0 saturated heterocycles. The number of aromatic carboxylic acids is 1. The van der Waals surface area contributed by atoms with Gasteiger partial charge in [0.2, 0.25) is 0 Å². The van der Waals surface area contributed by atoms with Gasteiger partial charge in [-0.25, -0.2) is 14.8 Å². The molecule has 0 aliphatic heterocycles. The van der Waals surface area contributed by atoms with Crippen LogP contribution in [-0.2, 0) is 25.9 Å². The number of carboxylic acid groups (broad SMARTS) is 1. The summed E-state index contributed by atoms with van der Waals surface area (Å²) in [6.07, 6.45) is 2.82. The average molecular weight is 611 g/mol. The topological polar surface area (TPSA) is 72.9 Å². The van der Waals surface area contributed by atoms with Crippen molar-refractivity contribution >= 4 is 17.0 Å². The van der Waals surface area contributed by atoms with Crippen LogP contribution in [0.1, 0.15) is 71.5 Å². The minimum Gasteiger partial charge on any atom is -0.478 e. The van der Waals surface area contributed by atoms with Crippen molar-refractivity contribution in [3.63, 3.8) is 0 Å². The van der Waals surface area contributed by atoms with Crippen LogP contribution >= 0.6 is 0 Å². The number of aromatic nitrogens is 4. The second-order valence-corrected chi connectivity index (χ2v) is 12.7. The summed E-state index contributed by atoms with van der Waals surface area (Å²) in [5.41, 5.74) is 11.1. The van der Waals surface area contributed by atoms with Crippen molar-refractivity contribution in [3.8, 4) is 22.5 Å². The Balaban J connectivity index is 1.43. The molecule has 1 N–H and O–H groups in total. The van der Waals surface area contributed by atoms with Gasteiger partial charge in [-0.15, -0.1) is 0 Å². The molecular weight excluding hydrogens is 568 g/mol. The third-order valence-corrected chi connectivity index (χ3v) is 8.72. The molecule has 6 heteroatoms. The van der Waals surface area contributed by atoms with Crippen molar-refractivity contribution in [1.29, 1.82) is 0 Å². The highest BCUT2D eigenvalue weighted by molar-refractivity contribution is 5.96. The number of nitrogens with zero attached hydrogens (tertiary/aromatic N) is 4. The third kappa shape index (κ3) is 6.25. The van der Waals surface area contributed by atoms with Gasteiger partial charge in [-0.05, 0) is 78.6 Å². The lowest BCUT2D eigenvalue weighted by molar-refractivity contribution is 0.0697. The number of carbonyl (C=O) groups is 1. The minimum absolute atomic E-state index is 0.307. The van der Waals surface area contributed by atoms with Crippen LogP contribution in [0.3, 0.4) is 0 Å². The molecule has 2 heterocycles. The van der Waals surface area contributed by atoms with Gasteiger partial charge in [-0.3, -0.25) is 0 Å². The lowest BCUT2D eigenvalue weighted by atomic mass is 9.98. The number of rotatable bonds is 11. The molecule has 0 saturated carbocycles. The van der Waals surface area contributed by atoms with E-state index in [1.807, 2.05) is 24.3 Å². The number of aryl methyl sites for hydroxylation is 2. The molecule has 0 aliphatic rings. The van der Waals surface area contributed by atoms with Crippen molar-refractivity contribution in [2.45, 2.75) is 67.0 Å². The van der Waals surface area contributed by atoms with Crippen LogP contribution in [0, 0.1) is 19.8 Å². The molecule has 6 rings (SSSR count). The fourth-order valence-electron chi connectivity index (χ4n) is 6.40. The Labute approximate surface area is 271 Å². The summed E-state index contributed by atoms with van der Waals surface area (Å²) < 4.78 is 4.72. The molecule has 0 amide bonds. The van der Waals surface area contributed by atoms with E-state index >= 15 is 0 Å². The summed E-state index contributed by atoms with van der Waals surface area (Å²) >= 11 is 0. The van der Waals surface area contributed by atoms with Crippen LogP contribution in [-0.4, -0.2) is 30.2 Å². The maximum atomic E-state index is 11.8. The maximum Gasteiger partial charge on any atom is 0.336 e. The fourth-order valence-corrected chi connectivity index (χ4v) is 6.40. The molecule has 0 fully saturated rings. The standard InChI is InChI=1S/C40H42N4O2/c1-6-12-37-42-38-27(4)22-32(39-41-35(21-26(2)3)28(5)43(39)24-29-13-8-7-9-14-29)23-36(38)44(37)25-30-17-19-31(20-18-30)33-15-10-11-16-34(33)40(45)46/h7-11,13-20,22-23,26H,6,12,21,24-25H2,1-5H3,(H,45,46). The molecule has 6 nitrogen and oxygen atoms in total. The van der Waals surface area contributed by atoms with Gasteiger partial charge in [0.25, 0.3) is 0 Å². The predicted molar refractivity (Wildman–Crippen MR) is 186 cm³/mol. The quantitative estimate of drug-likeness (QED) is 0.159. The summed E-state index contributed by atoms with van der Waals surface area (Å²) in [5.74, 6) is 1.66. The van der Waals surface area contributed by atoms with Gasteiger partial charge in [0.05, 0.1) is 22.3 Å². The van der Waals surface area contributed by atoms with Gasteiger partial charge in [-0.1, -0.05) is 93.6 Å². The first-order chi connectivity index (χ1) is 22.2. The average Bonchev–Trinajstić information content (AvgIpc) is 3.54. The Bertz CT molecular complexity index is 2000. The molecule has 0 radical (unpaired) electrons. The van der Waals surface area contributed by atoms with E-state index in [2.05, 4.69) is 98.4 Å². The Kier molecular flexibility index (Phi) is 8.89. The Morgan fingerprint density at radius 2 is 1.48 bits per heavy atom. The largest absolute Gasteiger partial charge is 0.478 e. The van der Waals surface area contributed by atoms with Crippen molar-refractivity contribution < 1.29 is 9.90 Å². The van der Waals surface area contributed by atoms with Gasteiger partial charge in [0.15, 0.2) is 0 Å². The van der Waals surface area contributed by atoms with Crippen LogP contribution < -0.4 is 0 Å². The van der Waals surface area contributed by atoms with Gasteiger partial charge in [0, 0.05) is 30.8 Å². The normalized spacial score (nSPS) is 11.5.